The van der Waals surface area contributed by atoms with Gasteiger partial charge in [-0.05, 0) is 30.2 Å². The van der Waals surface area contributed by atoms with Crippen molar-refractivity contribution in [1.82, 2.24) is 0 Å². The Bertz CT molecular complexity index is 1110. The predicted molar refractivity (Wildman–Crippen MR) is 119 cm³/mol. The molecule has 0 bridgehead atoms. The Morgan fingerprint density at radius 2 is 1.32 bits per heavy atom. The molecule has 0 fully saturated rings. The lowest BCUT2D eigenvalue weighted by atomic mass is 9.92. The molecule has 0 aliphatic carbocycles. The van der Waals surface area contributed by atoms with Gasteiger partial charge < -0.3 is 15.1 Å². The van der Waals surface area contributed by atoms with E-state index in [-0.39, 0.29) is 24.3 Å². The minimum Gasteiger partial charge on any atom is -0.475 e. The van der Waals surface area contributed by atoms with Crippen molar-refractivity contribution in [3.63, 3.8) is 0 Å². The second-order valence-electron chi connectivity index (χ2n) is 8.11. The zero-order valence-electron chi connectivity index (χ0n) is 20.0. The Balaban J connectivity index is 0.00000101. The lowest BCUT2D eigenvalue weighted by Crippen LogP contribution is -2.53. The van der Waals surface area contributed by atoms with Crippen molar-refractivity contribution < 1.29 is 67.7 Å². The number of benzene rings is 2. The van der Waals surface area contributed by atoms with E-state index in [2.05, 4.69) is 0 Å². The summed E-state index contributed by atoms with van der Waals surface area (Å²) >= 11 is 5.91. The summed E-state index contributed by atoms with van der Waals surface area (Å²) < 4.78 is 150. The number of hydrogen-bond donors (Lipinski definition) is 2. The van der Waals surface area contributed by atoms with Crippen LogP contribution in [-0.2, 0) is 23.1 Å². The van der Waals surface area contributed by atoms with E-state index < -0.39 is 52.4 Å². The summed E-state index contributed by atoms with van der Waals surface area (Å²) in [6.45, 7) is 1.89. The van der Waals surface area contributed by atoms with Crippen LogP contribution in [0.5, 0.6) is 0 Å². The molecule has 0 aromatic heterocycles. The molecule has 0 spiro atoms. The fraction of sp³-hybridized carbons (Fsp3) is 0.435. The van der Waals surface area contributed by atoms with Gasteiger partial charge in [0, 0.05) is 24.3 Å². The Morgan fingerprint density at radius 3 is 1.70 bits per heavy atom. The minimum atomic E-state index is -6.03. The van der Waals surface area contributed by atoms with Gasteiger partial charge in [0.15, 0.2) is 0 Å². The summed E-state index contributed by atoms with van der Waals surface area (Å²) in [6.07, 6.45) is -20.6. The quantitative estimate of drug-likeness (QED) is 0.307. The van der Waals surface area contributed by atoms with Crippen LogP contribution in [-0.4, -0.2) is 41.3 Å². The van der Waals surface area contributed by atoms with Crippen LogP contribution in [0.3, 0.4) is 0 Å². The SMILES string of the molecule is CCCCN(Cc1cccc(C(F)(F)F)c1Cl)c1ccc(C(O)(C(F)(F)F)C(F)(F)F)cc1.O=C(O)C(F)(F)F. The molecular weight excluding hydrogens is 602 g/mol. The van der Waals surface area contributed by atoms with Gasteiger partial charge in [-0.15, -0.1) is 0 Å². The largest absolute Gasteiger partial charge is 0.490 e. The number of nitrogens with zero attached hydrogens (tertiary/aromatic N) is 1. The first-order valence-corrected chi connectivity index (χ1v) is 11.2. The Labute approximate surface area is 223 Å². The van der Waals surface area contributed by atoms with Gasteiger partial charge in [0.1, 0.15) is 0 Å². The summed E-state index contributed by atoms with van der Waals surface area (Å²) in [7, 11) is 0. The minimum absolute atomic E-state index is 0.0776. The van der Waals surface area contributed by atoms with Crippen LogP contribution in [0.25, 0.3) is 0 Å². The second-order valence-corrected chi connectivity index (χ2v) is 8.49. The van der Waals surface area contributed by atoms with Crippen molar-refractivity contribution in [2.45, 2.75) is 56.6 Å². The molecule has 4 nitrogen and oxygen atoms in total. The highest BCUT2D eigenvalue weighted by Gasteiger charge is 2.71. The molecule has 226 valence electrons. The maximum absolute atomic E-state index is 13.1. The third-order valence-corrected chi connectivity index (χ3v) is 5.69. The van der Waals surface area contributed by atoms with Crippen LogP contribution in [0.4, 0.5) is 58.4 Å². The van der Waals surface area contributed by atoms with Gasteiger partial charge in [0.25, 0.3) is 5.60 Å². The van der Waals surface area contributed by atoms with E-state index in [1.165, 1.54) is 11.0 Å². The molecule has 17 heteroatoms. The Morgan fingerprint density at radius 1 is 0.850 bits per heavy atom. The monoisotopic (exact) mass is 621 g/mol. The first-order chi connectivity index (χ1) is 18.0. The van der Waals surface area contributed by atoms with Gasteiger partial charge in [-0.1, -0.05) is 49.2 Å². The van der Waals surface area contributed by atoms with Crippen molar-refractivity contribution in [2.24, 2.45) is 0 Å². The number of unbranched alkanes of at least 4 members (excludes halogenated alkanes) is 1. The molecule has 2 aromatic rings. The molecule has 0 amide bonds. The highest BCUT2D eigenvalue weighted by atomic mass is 35.5. The number of aliphatic carboxylic acids is 1. The van der Waals surface area contributed by atoms with Crippen LogP contribution in [0.15, 0.2) is 42.5 Å². The van der Waals surface area contributed by atoms with Gasteiger partial charge >= 0.3 is 30.7 Å². The van der Waals surface area contributed by atoms with Crippen molar-refractivity contribution in [3.05, 3.63) is 64.2 Å². The fourth-order valence-corrected chi connectivity index (χ4v) is 3.47. The number of aliphatic hydroxyl groups is 1. The molecular formula is C23H20ClF12NO3. The number of rotatable bonds is 7. The van der Waals surface area contributed by atoms with Crippen molar-refractivity contribution in [2.75, 3.05) is 11.4 Å². The molecule has 0 heterocycles. The first kappa shape index (κ1) is 35.1. The van der Waals surface area contributed by atoms with Crippen molar-refractivity contribution in [3.8, 4) is 0 Å². The number of anilines is 1. The van der Waals surface area contributed by atoms with Gasteiger partial charge in [0.2, 0.25) is 0 Å². The third kappa shape index (κ3) is 8.56. The van der Waals surface area contributed by atoms with Crippen LogP contribution in [0.1, 0.15) is 36.5 Å². The van der Waals surface area contributed by atoms with E-state index in [4.69, 9.17) is 21.5 Å². The van der Waals surface area contributed by atoms with Crippen molar-refractivity contribution in [1.29, 1.82) is 0 Å². The molecule has 2 aromatic carbocycles. The number of carboxylic acid groups (broad SMARTS) is 1. The summed E-state index contributed by atoms with van der Waals surface area (Å²) in [6, 6.07) is 6.15. The lowest BCUT2D eigenvalue weighted by Gasteiger charge is -2.33. The molecule has 0 unspecified atom stereocenters. The Hall–Kier alpha value is -2.88. The molecule has 0 radical (unpaired) electrons. The summed E-state index contributed by atoms with van der Waals surface area (Å²) in [5.41, 5.74) is -7.34. The Kier molecular flexibility index (Phi) is 11.2. The van der Waals surface area contributed by atoms with Gasteiger partial charge in [-0.2, -0.15) is 52.7 Å². The van der Waals surface area contributed by atoms with Crippen molar-refractivity contribution >= 4 is 23.3 Å². The number of alkyl halides is 12. The average molecular weight is 622 g/mol. The number of hydrogen-bond acceptors (Lipinski definition) is 3. The smallest absolute Gasteiger partial charge is 0.475 e. The second kappa shape index (κ2) is 12.7. The van der Waals surface area contributed by atoms with Crippen LogP contribution in [0.2, 0.25) is 5.02 Å². The number of carboxylic acids is 1. The zero-order chi connectivity index (χ0) is 31.3. The highest BCUT2D eigenvalue weighted by molar-refractivity contribution is 6.32. The van der Waals surface area contributed by atoms with Crippen LogP contribution in [0, 0.1) is 0 Å². The van der Waals surface area contributed by atoms with E-state index >= 15 is 0 Å². The van der Waals surface area contributed by atoms with E-state index in [9.17, 15) is 57.8 Å². The summed E-state index contributed by atoms with van der Waals surface area (Å²) in [4.78, 5) is 10.4. The third-order valence-electron chi connectivity index (χ3n) is 5.24. The lowest BCUT2D eigenvalue weighted by molar-refractivity contribution is -0.376. The molecule has 40 heavy (non-hydrogen) atoms. The zero-order valence-corrected chi connectivity index (χ0v) is 20.8. The molecule has 2 N–H and O–H groups in total. The molecule has 0 aliphatic rings. The predicted octanol–water partition coefficient (Wildman–Crippen LogP) is 8.11. The molecule has 0 saturated carbocycles. The highest BCUT2D eigenvalue weighted by Crippen LogP contribution is 2.50. The molecule has 0 atom stereocenters. The number of halogens is 13. The molecule has 2 rings (SSSR count). The summed E-state index contributed by atoms with van der Waals surface area (Å²) in [5, 5.41) is 16.1. The maximum atomic E-state index is 13.1. The molecule has 0 aliphatic heterocycles. The van der Waals surface area contributed by atoms with Gasteiger partial charge in [-0.3, -0.25) is 0 Å². The fourth-order valence-electron chi connectivity index (χ4n) is 3.18. The van der Waals surface area contributed by atoms with Crippen LogP contribution >= 0.6 is 11.6 Å². The average Bonchev–Trinajstić information content (AvgIpc) is 2.80. The first-order valence-electron chi connectivity index (χ1n) is 10.8. The standard InChI is InChI=1S/C21H19ClF9NO.C2HF3O2/c1-2-3-11-32(12-13-5-4-6-16(17(13)22)19(23,24)25)15-9-7-14(8-10-15)18(33,20(26,27)28)21(29,30)31;3-2(4,5)1(6)7/h4-10,33H,2-3,11-12H2,1H3;(H,6,7). The maximum Gasteiger partial charge on any atom is 0.490 e. The van der Waals surface area contributed by atoms with Gasteiger partial charge in [-0.25, -0.2) is 4.79 Å². The van der Waals surface area contributed by atoms with Gasteiger partial charge in [0.05, 0.1) is 10.6 Å². The summed E-state index contributed by atoms with van der Waals surface area (Å²) in [5.74, 6) is -2.76. The number of carbonyl (C=O) groups is 1. The van der Waals surface area contributed by atoms with E-state index in [0.29, 0.717) is 25.0 Å². The van der Waals surface area contributed by atoms with Crippen LogP contribution < -0.4 is 4.90 Å². The van der Waals surface area contributed by atoms with E-state index in [1.807, 2.05) is 6.92 Å². The topological polar surface area (TPSA) is 60.8 Å². The normalized spacial score (nSPS) is 13.0. The molecule has 0 saturated heterocycles. The van der Waals surface area contributed by atoms with E-state index in [0.717, 1.165) is 24.3 Å². The van der Waals surface area contributed by atoms with E-state index in [1.54, 1.807) is 0 Å².